The van der Waals surface area contributed by atoms with Gasteiger partial charge < -0.3 is 15.4 Å². The van der Waals surface area contributed by atoms with Crippen molar-refractivity contribution in [2.75, 3.05) is 32.1 Å². The number of nitrogens with zero attached hydrogens (tertiary/aromatic N) is 2. The van der Waals surface area contributed by atoms with Gasteiger partial charge in [-0.25, -0.2) is 9.97 Å². The summed E-state index contributed by atoms with van der Waals surface area (Å²) in [6.45, 7) is 3.33. The Hall–Kier alpha value is -1.89. The van der Waals surface area contributed by atoms with Crippen molar-refractivity contribution < 1.29 is 9.53 Å². The predicted molar refractivity (Wildman–Crippen MR) is 99.6 cm³/mol. The van der Waals surface area contributed by atoms with Gasteiger partial charge in [0.05, 0.1) is 6.61 Å². The highest BCUT2D eigenvalue weighted by molar-refractivity contribution is 6.35. The second-order valence-electron chi connectivity index (χ2n) is 5.35. The molecule has 0 saturated carbocycles. The van der Waals surface area contributed by atoms with Crippen molar-refractivity contribution in [3.8, 4) is 0 Å². The minimum Gasteiger partial charge on any atom is -0.383 e. The lowest BCUT2D eigenvalue weighted by Crippen LogP contribution is -2.27. The predicted octanol–water partition coefficient (Wildman–Crippen LogP) is 3.12. The fourth-order valence-electron chi connectivity index (χ4n) is 2.18. The molecule has 0 saturated heterocycles. The van der Waals surface area contributed by atoms with Gasteiger partial charge in [0.2, 0.25) is 0 Å². The minimum atomic E-state index is -0.259. The molecule has 1 aromatic heterocycles. The molecule has 1 heterocycles. The van der Waals surface area contributed by atoms with Crippen LogP contribution in [0.5, 0.6) is 0 Å². The maximum absolute atomic E-state index is 12.3. The number of carbonyl (C=O) groups excluding carboxylic acids is 1. The lowest BCUT2D eigenvalue weighted by molar-refractivity contribution is 0.0949. The second kappa shape index (κ2) is 9.56. The molecule has 1 aromatic carbocycles. The Kier molecular flexibility index (Phi) is 7.43. The van der Waals surface area contributed by atoms with Gasteiger partial charge in [-0.2, -0.15) is 0 Å². The standard InChI is InChI=1S/C17H20Cl2N4O2/c1-11-22-15(10-16(23-11)20-7-8-25-2)17(24)21-6-5-12-3-4-13(18)9-14(12)19/h3-4,9-10H,5-8H2,1-2H3,(H,21,24)(H,20,22,23). The Labute approximate surface area is 156 Å². The van der Waals surface area contributed by atoms with Gasteiger partial charge in [-0.15, -0.1) is 0 Å². The number of aromatic nitrogens is 2. The molecule has 0 bridgehead atoms. The fourth-order valence-corrected chi connectivity index (χ4v) is 2.68. The topological polar surface area (TPSA) is 76.1 Å². The van der Waals surface area contributed by atoms with E-state index in [9.17, 15) is 4.79 Å². The molecule has 134 valence electrons. The first-order valence-corrected chi connectivity index (χ1v) is 8.56. The van der Waals surface area contributed by atoms with Gasteiger partial charge in [-0.3, -0.25) is 4.79 Å². The largest absolute Gasteiger partial charge is 0.383 e. The molecule has 0 radical (unpaired) electrons. The number of anilines is 1. The number of halogens is 2. The van der Waals surface area contributed by atoms with E-state index in [0.29, 0.717) is 53.5 Å². The molecule has 0 spiro atoms. The van der Waals surface area contributed by atoms with Gasteiger partial charge in [0.15, 0.2) is 0 Å². The third kappa shape index (κ3) is 6.16. The van der Waals surface area contributed by atoms with Crippen molar-refractivity contribution in [2.45, 2.75) is 13.3 Å². The quantitative estimate of drug-likeness (QED) is 0.685. The fraction of sp³-hybridized carbons (Fsp3) is 0.353. The first kappa shape index (κ1) is 19.4. The third-order valence-corrected chi connectivity index (χ3v) is 3.96. The van der Waals surface area contributed by atoms with Gasteiger partial charge in [-0.1, -0.05) is 29.3 Å². The molecule has 0 aliphatic carbocycles. The smallest absolute Gasteiger partial charge is 0.270 e. The van der Waals surface area contributed by atoms with Crippen molar-refractivity contribution in [3.63, 3.8) is 0 Å². The van der Waals surface area contributed by atoms with Crippen LogP contribution in [0.2, 0.25) is 10.0 Å². The number of benzene rings is 1. The third-order valence-electron chi connectivity index (χ3n) is 3.38. The first-order valence-electron chi connectivity index (χ1n) is 7.80. The average Bonchev–Trinajstić information content (AvgIpc) is 2.56. The van der Waals surface area contributed by atoms with Crippen molar-refractivity contribution in [2.24, 2.45) is 0 Å². The number of hydrogen-bond donors (Lipinski definition) is 2. The SMILES string of the molecule is COCCNc1cc(C(=O)NCCc2ccc(Cl)cc2Cl)nc(C)n1. The summed E-state index contributed by atoms with van der Waals surface area (Å²) in [5.41, 5.74) is 1.24. The number of carbonyl (C=O) groups is 1. The summed E-state index contributed by atoms with van der Waals surface area (Å²) in [7, 11) is 1.62. The molecule has 0 fully saturated rings. The molecule has 8 heteroatoms. The van der Waals surface area contributed by atoms with Crippen LogP contribution in [0.15, 0.2) is 24.3 Å². The van der Waals surface area contributed by atoms with Gasteiger partial charge in [0.25, 0.3) is 5.91 Å². The van der Waals surface area contributed by atoms with Crippen LogP contribution in [0.1, 0.15) is 21.9 Å². The summed E-state index contributed by atoms with van der Waals surface area (Å²) in [6.07, 6.45) is 0.602. The van der Waals surface area contributed by atoms with E-state index in [1.807, 2.05) is 6.07 Å². The number of ether oxygens (including phenoxy) is 1. The van der Waals surface area contributed by atoms with Gasteiger partial charge in [0.1, 0.15) is 17.3 Å². The van der Waals surface area contributed by atoms with E-state index in [-0.39, 0.29) is 5.91 Å². The van der Waals surface area contributed by atoms with Gasteiger partial charge >= 0.3 is 0 Å². The molecule has 6 nitrogen and oxygen atoms in total. The van der Waals surface area contributed by atoms with E-state index in [0.717, 1.165) is 5.56 Å². The van der Waals surface area contributed by atoms with E-state index < -0.39 is 0 Å². The summed E-state index contributed by atoms with van der Waals surface area (Å²) in [5.74, 6) is 0.856. The van der Waals surface area contributed by atoms with Crippen LogP contribution < -0.4 is 10.6 Å². The summed E-state index contributed by atoms with van der Waals surface area (Å²) in [6, 6.07) is 6.93. The summed E-state index contributed by atoms with van der Waals surface area (Å²) >= 11 is 12.0. The summed E-state index contributed by atoms with van der Waals surface area (Å²) in [4.78, 5) is 20.7. The van der Waals surface area contributed by atoms with Crippen LogP contribution >= 0.6 is 23.2 Å². The number of rotatable bonds is 8. The average molecular weight is 383 g/mol. The van der Waals surface area contributed by atoms with Crippen molar-refractivity contribution in [1.29, 1.82) is 0 Å². The molecular weight excluding hydrogens is 363 g/mol. The van der Waals surface area contributed by atoms with Crippen LogP contribution in [0, 0.1) is 6.92 Å². The number of aryl methyl sites for hydroxylation is 1. The molecule has 0 aliphatic heterocycles. The van der Waals surface area contributed by atoms with Crippen LogP contribution in [-0.2, 0) is 11.2 Å². The lowest BCUT2D eigenvalue weighted by Gasteiger charge is -2.09. The van der Waals surface area contributed by atoms with Crippen LogP contribution in [-0.4, -0.2) is 42.7 Å². The summed E-state index contributed by atoms with van der Waals surface area (Å²) in [5, 5.41) is 7.10. The van der Waals surface area contributed by atoms with E-state index in [2.05, 4.69) is 20.6 Å². The number of nitrogens with one attached hydrogen (secondary N) is 2. The van der Waals surface area contributed by atoms with Crippen LogP contribution in [0.4, 0.5) is 5.82 Å². The zero-order chi connectivity index (χ0) is 18.2. The Morgan fingerprint density at radius 2 is 2.00 bits per heavy atom. The highest BCUT2D eigenvalue weighted by atomic mass is 35.5. The molecule has 25 heavy (non-hydrogen) atoms. The number of methoxy groups -OCH3 is 1. The van der Waals surface area contributed by atoms with E-state index in [4.69, 9.17) is 27.9 Å². The molecule has 2 aromatic rings. The lowest BCUT2D eigenvalue weighted by atomic mass is 10.1. The molecule has 2 N–H and O–H groups in total. The maximum atomic E-state index is 12.3. The minimum absolute atomic E-state index is 0.259. The zero-order valence-corrected chi connectivity index (χ0v) is 15.6. The first-order chi connectivity index (χ1) is 12.0. The molecule has 1 amide bonds. The maximum Gasteiger partial charge on any atom is 0.270 e. The van der Waals surface area contributed by atoms with Crippen LogP contribution in [0.25, 0.3) is 0 Å². The highest BCUT2D eigenvalue weighted by Gasteiger charge is 2.10. The molecular formula is C17H20Cl2N4O2. The molecule has 0 unspecified atom stereocenters. The Morgan fingerprint density at radius 1 is 1.20 bits per heavy atom. The van der Waals surface area contributed by atoms with Gasteiger partial charge in [0, 0.05) is 36.3 Å². The molecule has 0 atom stereocenters. The monoisotopic (exact) mass is 382 g/mol. The normalized spacial score (nSPS) is 10.6. The number of hydrogen-bond acceptors (Lipinski definition) is 5. The van der Waals surface area contributed by atoms with E-state index in [1.54, 1.807) is 32.2 Å². The Bertz CT molecular complexity index is 741. The second-order valence-corrected chi connectivity index (χ2v) is 6.19. The van der Waals surface area contributed by atoms with Gasteiger partial charge in [-0.05, 0) is 31.0 Å². The van der Waals surface area contributed by atoms with Crippen molar-refractivity contribution in [1.82, 2.24) is 15.3 Å². The van der Waals surface area contributed by atoms with Crippen LogP contribution in [0.3, 0.4) is 0 Å². The molecule has 2 rings (SSSR count). The van der Waals surface area contributed by atoms with Crippen molar-refractivity contribution >= 4 is 34.9 Å². The van der Waals surface area contributed by atoms with E-state index >= 15 is 0 Å². The number of amides is 1. The summed E-state index contributed by atoms with van der Waals surface area (Å²) < 4.78 is 4.98. The highest BCUT2D eigenvalue weighted by Crippen LogP contribution is 2.21. The Morgan fingerprint density at radius 3 is 2.72 bits per heavy atom. The van der Waals surface area contributed by atoms with Crippen molar-refractivity contribution in [3.05, 3.63) is 51.4 Å². The van der Waals surface area contributed by atoms with E-state index in [1.165, 1.54) is 0 Å². The Balaban J connectivity index is 1.93. The molecule has 0 aliphatic rings. The zero-order valence-electron chi connectivity index (χ0n) is 14.1.